The van der Waals surface area contributed by atoms with Gasteiger partial charge in [-0.15, -0.1) is 11.6 Å². The molecule has 0 aliphatic carbocycles. The van der Waals surface area contributed by atoms with Crippen LogP contribution in [0, 0.1) is 0 Å². The first-order valence-corrected chi connectivity index (χ1v) is 5.74. The number of hydrogen-bond acceptors (Lipinski definition) is 1. The van der Waals surface area contributed by atoms with E-state index in [2.05, 4.69) is 5.10 Å². The van der Waals surface area contributed by atoms with Crippen LogP contribution in [0.5, 0.6) is 0 Å². The van der Waals surface area contributed by atoms with Gasteiger partial charge in [-0.25, -0.2) is 4.68 Å². The van der Waals surface area contributed by atoms with Crippen LogP contribution in [-0.2, 0) is 0 Å². The van der Waals surface area contributed by atoms with Crippen LogP contribution in [-0.4, -0.2) is 15.7 Å². The average Bonchev–Trinajstić information content (AvgIpc) is 2.75. The van der Waals surface area contributed by atoms with E-state index < -0.39 is 0 Å². The highest BCUT2D eigenvalue weighted by Gasteiger charge is 1.99. The number of allylic oxidation sites excluding steroid dienone is 1. The van der Waals surface area contributed by atoms with Crippen LogP contribution < -0.4 is 0 Å². The van der Waals surface area contributed by atoms with Gasteiger partial charge in [-0.05, 0) is 18.2 Å². The third kappa shape index (κ3) is 2.65. The van der Waals surface area contributed by atoms with Crippen molar-refractivity contribution in [1.29, 1.82) is 0 Å². The minimum atomic E-state index is 0.502. The lowest BCUT2D eigenvalue weighted by Crippen LogP contribution is -1.92. The summed E-state index contributed by atoms with van der Waals surface area (Å²) in [5.74, 6) is 0.502. The van der Waals surface area contributed by atoms with Gasteiger partial charge in [0.1, 0.15) is 0 Å². The molecule has 1 heterocycles. The molecule has 16 heavy (non-hydrogen) atoms. The molecule has 1 aromatic heterocycles. The Morgan fingerprint density at radius 2 is 2.25 bits per heavy atom. The molecule has 0 spiro atoms. The zero-order valence-electron chi connectivity index (χ0n) is 8.48. The van der Waals surface area contributed by atoms with Gasteiger partial charge >= 0.3 is 0 Å². The van der Waals surface area contributed by atoms with Crippen LogP contribution in [0.1, 0.15) is 5.56 Å². The van der Waals surface area contributed by atoms with E-state index >= 15 is 0 Å². The summed E-state index contributed by atoms with van der Waals surface area (Å²) in [7, 11) is 0. The van der Waals surface area contributed by atoms with E-state index in [1.165, 1.54) is 0 Å². The largest absolute Gasteiger partial charge is 0.240 e. The first kappa shape index (κ1) is 11.2. The van der Waals surface area contributed by atoms with Crippen LogP contribution in [0.15, 0.2) is 42.7 Å². The number of alkyl halides is 1. The number of nitrogens with zero attached hydrogens (tertiary/aromatic N) is 2. The standard InChI is InChI=1S/C12H10Cl2N2/c13-6-2-3-10-8-15-16(9-10)12-5-1-4-11(14)7-12/h1-5,7-9H,6H2. The predicted molar refractivity (Wildman–Crippen MR) is 68.3 cm³/mol. The SMILES string of the molecule is ClCC=Cc1cnn(-c2cccc(Cl)c2)c1. The molecule has 0 atom stereocenters. The molecule has 0 unspecified atom stereocenters. The van der Waals surface area contributed by atoms with Gasteiger partial charge in [0.05, 0.1) is 11.9 Å². The Labute approximate surface area is 104 Å². The van der Waals surface area contributed by atoms with Gasteiger partial charge in [-0.1, -0.05) is 29.8 Å². The number of rotatable bonds is 3. The normalized spacial score (nSPS) is 11.1. The van der Waals surface area contributed by atoms with Gasteiger partial charge in [0.25, 0.3) is 0 Å². The fourth-order valence-electron chi connectivity index (χ4n) is 1.36. The molecule has 0 aliphatic rings. The summed E-state index contributed by atoms with van der Waals surface area (Å²) < 4.78 is 1.78. The second-order valence-electron chi connectivity index (χ2n) is 3.25. The Hall–Kier alpha value is -1.25. The molecule has 2 rings (SSSR count). The van der Waals surface area contributed by atoms with Gasteiger partial charge in [0.2, 0.25) is 0 Å². The summed E-state index contributed by atoms with van der Waals surface area (Å²) in [5, 5.41) is 4.94. The maximum absolute atomic E-state index is 5.91. The lowest BCUT2D eigenvalue weighted by atomic mass is 10.3. The maximum atomic E-state index is 5.91. The minimum absolute atomic E-state index is 0.502. The van der Waals surface area contributed by atoms with Crippen molar-refractivity contribution in [3.8, 4) is 5.69 Å². The molecule has 0 amide bonds. The van der Waals surface area contributed by atoms with E-state index in [-0.39, 0.29) is 0 Å². The van der Waals surface area contributed by atoms with Crippen molar-refractivity contribution in [3.63, 3.8) is 0 Å². The van der Waals surface area contributed by atoms with Crippen LogP contribution in [0.25, 0.3) is 11.8 Å². The van der Waals surface area contributed by atoms with Crippen LogP contribution >= 0.6 is 23.2 Å². The highest BCUT2D eigenvalue weighted by atomic mass is 35.5. The van der Waals surface area contributed by atoms with E-state index in [0.717, 1.165) is 11.3 Å². The number of benzene rings is 1. The third-order valence-corrected chi connectivity index (χ3v) is 2.49. The fourth-order valence-corrected chi connectivity index (χ4v) is 1.64. The fraction of sp³-hybridized carbons (Fsp3) is 0.0833. The zero-order valence-corrected chi connectivity index (χ0v) is 9.99. The highest BCUT2D eigenvalue weighted by molar-refractivity contribution is 6.30. The molecule has 0 bridgehead atoms. The first-order chi connectivity index (χ1) is 7.79. The Kier molecular flexibility index (Phi) is 3.65. The Bertz CT molecular complexity index is 503. The highest BCUT2D eigenvalue weighted by Crippen LogP contribution is 2.14. The molecule has 2 aromatic rings. The zero-order chi connectivity index (χ0) is 11.4. The van der Waals surface area contributed by atoms with Crippen molar-refractivity contribution in [2.75, 3.05) is 5.88 Å². The van der Waals surface area contributed by atoms with Crippen molar-refractivity contribution in [3.05, 3.63) is 53.3 Å². The van der Waals surface area contributed by atoms with E-state index in [9.17, 15) is 0 Å². The molecule has 0 saturated heterocycles. The van der Waals surface area contributed by atoms with Gasteiger partial charge in [-0.2, -0.15) is 5.10 Å². The smallest absolute Gasteiger partial charge is 0.0660 e. The van der Waals surface area contributed by atoms with E-state index in [1.807, 2.05) is 42.6 Å². The number of aromatic nitrogens is 2. The van der Waals surface area contributed by atoms with E-state index in [4.69, 9.17) is 23.2 Å². The summed E-state index contributed by atoms with van der Waals surface area (Å²) in [6.07, 6.45) is 7.51. The third-order valence-electron chi connectivity index (χ3n) is 2.07. The quantitative estimate of drug-likeness (QED) is 0.761. The molecule has 0 saturated carbocycles. The molecule has 0 radical (unpaired) electrons. The Balaban J connectivity index is 2.28. The van der Waals surface area contributed by atoms with E-state index in [1.54, 1.807) is 10.9 Å². The van der Waals surface area contributed by atoms with Crippen LogP contribution in [0.3, 0.4) is 0 Å². The molecular formula is C12H10Cl2N2. The van der Waals surface area contributed by atoms with Crippen molar-refractivity contribution < 1.29 is 0 Å². The van der Waals surface area contributed by atoms with Crippen molar-refractivity contribution >= 4 is 29.3 Å². The second kappa shape index (κ2) is 5.19. The molecule has 4 heteroatoms. The summed E-state index contributed by atoms with van der Waals surface area (Å²) in [5.41, 5.74) is 1.96. The first-order valence-electron chi connectivity index (χ1n) is 4.83. The minimum Gasteiger partial charge on any atom is -0.240 e. The second-order valence-corrected chi connectivity index (χ2v) is 4.00. The maximum Gasteiger partial charge on any atom is 0.0660 e. The monoisotopic (exact) mass is 252 g/mol. The van der Waals surface area contributed by atoms with Gasteiger partial charge < -0.3 is 0 Å². The summed E-state index contributed by atoms with van der Waals surface area (Å²) in [6, 6.07) is 7.55. The molecule has 0 N–H and O–H groups in total. The van der Waals surface area contributed by atoms with Crippen molar-refractivity contribution in [2.45, 2.75) is 0 Å². The van der Waals surface area contributed by atoms with Crippen molar-refractivity contribution in [1.82, 2.24) is 9.78 Å². The molecule has 1 aromatic carbocycles. The van der Waals surface area contributed by atoms with Gasteiger partial charge in [0.15, 0.2) is 0 Å². The number of hydrogen-bond donors (Lipinski definition) is 0. The van der Waals surface area contributed by atoms with Crippen LogP contribution in [0.2, 0.25) is 5.02 Å². The lowest BCUT2D eigenvalue weighted by Gasteiger charge is -2.00. The van der Waals surface area contributed by atoms with Gasteiger partial charge in [0, 0.05) is 22.7 Å². The summed E-state index contributed by atoms with van der Waals surface area (Å²) in [6.45, 7) is 0. The molecule has 0 aliphatic heterocycles. The Morgan fingerprint density at radius 1 is 1.38 bits per heavy atom. The van der Waals surface area contributed by atoms with E-state index in [0.29, 0.717) is 10.9 Å². The molecular weight excluding hydrogens is 243 g/mol. The average molecular weight is 253 g/mol. The topological polar surface area (TPSA) is 17.8 Å². The molecule has 0 fully saturated rings. The molecule has 2 nitrogen and oxygen atoms in total. The van der Waals surface area contributed by atoms with Gasteiger partial charge in [-0.3, -0.25) is 0 Å². The predicted octanol–water partition coefficient (Wildman–Crippen LogP) is 3.78. The summed E-state index contributed by atoms with van der Waals surface area (Å²) >= 11 is 11.5. The molecule has 82 valence electrons. The number of halogens is 2. The van der Waals surface area contributed by atoms with Crippen LogP contribution in [0.4, 0.5) is 0 Å². The lowest BCUT2D eigenvalue weighted by molar-refractivity contribution is 0.880. The Morgan fingerprint density at radius 3 is 3.00 bits per heavy atom. The van der Waals surface area contributed by atoms with Crippen molar-refractivity contribution in [2.24, 2.45) is 0 Å². The summed E-state index contributed by atoms with van der Waals surface area (Å²) in [4.78, 5) is 0.